The van der Waals surface area contributed by atoms with Gasteiger partial charge in [-0.3, -0.25) is 4.79 Å². The lowest BCUT2D eigenvalue weighted by Gasteiger charge is -2.24. The van der Waals surface area contributed by atoms with Crippen molar-refractivity contribution in [2.75, 3.05) is 0 Å². The van der Waals surface area contributed by atoms with Crippen molar-refractivity contribution in [2.45, 2.75) is 38.5 Å². The van der Waals surface area contributed by atoms with Crippen molar-refractivity contribution in [3.8, 4) is 0 Å². The number of aliphatic carboxylic acids is 1. The van der Waals surface area contributed by atoms with Crippen molar-refractivity contribution in [3.05, 3.63) is 35.4 Å². The van der Waals surface area contributed by atoms with Crippen molar-refractivity contribution in [1.82, 2.24) is 0 Å². The molecule has 0 saturated carbocycles. The van der Waals surface area contributed by atoms with Gasteiger partial charge in [0.2, 0.25) is 0 Å². The van der Waals surface area contributed by atoms with Crippen molar-refractivity contribution >= 4 is 5.97 Å². The predicted molar refractivity (Wildman–Crippen MR) is 66.4 cm³/mol. The van der Waals surface area contributed by atoms with Gasteiger partial charge in [0.1, 0.15) is 0 Å². The molecule has 0 atom stereocenters. The van der Waals surface area contributed by atoms with Gasteiger partial charge in [0.25, 0.3) is 0 Å². The molecular weight excluding hydrogens is 314 g/mol. The average molecular weight is 328 g/mol. The van der Waals surface area contributed by atoms with E-state index in [0.717, 1.165) is 24.3 Å². The first-order valence-corrected chi connectivity index (χ1v) is 6.21. The van der Waals surface area contributed by atoms with E-state index in [4.69, 9.17) is 5.11 Å². The van der Waals surface area contributed by atoms with Gasteiger partial charge in [0, 0.05) is 0 Å². The Bertz CT molecular complexity index is 514. The van der Waals surface area contributed by atoms with Crippen LogP contribution >= 0.6 is 0 Å². The summed E-state index contributed by atoms with van der Waals surface area (Å²) in [7, 11) is 0. The van der Waals surface area contributed by atoms with Crippen LogP contribution in [0.5, 0.6) is 0 Å². The fourth-order valence-electron chi connectivity index (χ4n) is 1.98. The zero-order valence-electron chi connectivity index (χ0n) is 11.7. The van der Waals surface area contributed by atoms with Gasteiger partial charge in [-0.1, -0.05) is 24.3 Å². The highest BCUT2D eigenvalue weighted by Gasteiger charge is 2.57. The largest absolute Gasteiger partial charge is 0.481 e. The molecule has 124 valence electrons. The summed E-state index contributed by atoms with van der Waals surface area (Å²) >= 11 is 0. The molecule has 0 fully saturated rings. The van der Waals surface area contributed by atoms with Crippen LogP contribution in [0, 0.1) is 5.41 Å². The summed E-state index contributed by atoms with van der Waals surface area (Å²) in [5.41, 5.74) is -1.74. The molecule has 1 aromatic carbocycles. The Morgan fingerprint density at radius 2 is 1.41 bits per heavy atom. The van der Waals surface area contributed by atoms with Crippen LogP contribution in [0.3, 0.4) is 0 Å². The van der Waals surface area contributed by atoms with Crippen molar-refractivity contribution < 1.29 is 36.2 Å². The molecule has 0 aliphatic rings. The van der Waals surface area contributed by atoms with E-state index in [1.165, 1.54) is 13.8 Å². The maximum absolute atomic E-state index is 12.6. The van der Waals surface area contributed by atoms with Crippen LogP contribution in [-0.2, 0) is 11.2 Å². The van der Waals surface area contributed by atoms with Gasteiger partial charge >= 0.3 is 18.3 Å². The van der Waals surface area contributed by atoms with Crippen LogP contribution in [0.25, 0.3) is 0 Å². The highest BCUT2D eigenvalue weighted by atomic mass is 19.4. The lowest BCUT2D eigenvalue weighted by atomic mass is 9.85. The summed E-state index contributed by atoms with van der Waals surface area (Å²) in [5.74, 6) is -4.67. The number of benzene rings is 1. The maximum Gasteiger partial charge on any atom is 0.404 e. The zero-order valence-corrected chi connectivity index (χ0v) is 11.7. The third kappa shape index (κ3) is 4.38. The SMILES string of the molecule is CC(C)(Cc1ccc(C(C(F)(F)F)C(F)(F)F)cc1)C(=O)O. The molecule has 0 saturated heterocycles. The van der Waals surface area contributed by atoms with E-state index in [2.05, 4.69) is 0 Å². The van der Waals surface area contributed by atoms with E-state index in [9.17, 15) is 31.1 Å². The van der Waals surface area contributed by atoms with Crippen LogP contribution in [0.4, 0.5) is 26.3 Å². The first-order chi connectivity index (χ1) is 9.75. The third-order valence-electron chi connectivity index (χ3n) is 3.19. The predicted octanol–water partition coefficient (Wildman–Crippen LogP) is 4.55. The number of carboxylic acids is 1. The van der Waals surface area contributed by atoms with Crippen molar-refractivity contribution in [1.29, 1.82) is 0 Å². The molecule has 1 N–H and O–H groups in total. The molecule has 2 nitrogen and oxygen atoms in total. The smallest absolute Gasteiger partial charge is 0.404 e. The first-order valence-electron chi connectivity index (χ1n) is 6.21. The molecule has 0 spiro atoms. The minimum Gasteiger partial charge on any atom is -0.481 e. The summed E-state index contributed by atoms with van der Waals surface area (Å²) in [6.07, 6.45) is -10.9. The molecule has 0 heterocycles. The quantitative estimate of drug-likeness (QED) is 0.824. The fourth-order valence-corrected chi connectivity index (χ4v) is 1.98. The molecule has 8 heteroatoms. The Labute approximate surface area is 122 Å². The number of carboxylic acid groups (broad SMARTS) is 1. The molecule has 0 unspecified atom stereocenters. The normalized spacial score (nSPS) is 13.5. The lowest BCUT2D eigenvalue weighted by Crippen LogP contribution is -2.34. The van der Waals surface area contributed by atoms with Gasteiger partial charge < -0.3 is 5.11 Å². The molecule has 0 aliphatic carbocycles. The molecule has 0 aliphatic heterocycles. The highest BCUT2D eigenvalue weighted by molar-refractivity contribution is 5.74. The Kier molecular flexibility index (Phi) is 4.84. The topological polar surface area (TPSA) is 37.3 Å². The summed E-state index contributed by atoms with van der Waals surface area (Å²) in [6.45, 7) is 2.83. The van der Waals surface area contributed by atoms with E-state index in [-0.39, 0.29) is 6.42 Å². The van der Waals surface area contributed by atoms with Crippen molar-refractivity contribution in [2.24, 2.45) is 5.41 Å². The van der Waals surface area contributed by atoms with Crippen molar-refractivity contribution in [3.63, 3.8) is 0 Å². The van der Waals surface area contributed by atoms with Gasteiger partial charge in [-0.05, 0) is 31.4 Å². The van der Waals surface area contributed by atoms with Crippen LogP contribution in [0.15, 0.2) is 24.3 Å². The highest BCUT2D eigenvalue weighted by Crippen LogP contribution is 2.46. The third-order valence-corrected chi connectivity index (χ3v) is 3.19. The molecule has 0 aromatic heterocycles. The average Bonchev–Trinajstić information content (AvgIpc) is 2.27. The second-order valence-electron chi connectivity index (χ2n) is 5.62. The van der Waals surface area contributed by atoms with Gasteiger partial charge in [-0.15, -0.1) is 0 Å². The van der Waals surface area contributed by atoms with E-state index < -0.39 is 35.2 Å². The Morgan fingerprint density at radius 1 is 1.00 bits per heavy atom. The second kappa shape index (κ2) is 5.81. The zero-order chi connectivity index (χ0) is 17.3. The van der Waals surface area contributed by atoms with E-state index in [1.807, 2.05) is 0 Å². The minimum absolute atomic E-state index is 0.00862. The number of halogens is 6. The first kappa shape index (κ1) is 18.3. The Balaban J connectivity index is 3.08. The molecule has 0 amide bonds. The second-order valence-corrected chi connectivity index (χ2v) is 5.62. The summed E-state index contributed by atoms with van der Waals surface area (Å²) in [4.78, 5) is 11.0. The van der Waals surface area contributed by atoms with Gasteiger partial charge in [-0.2, -0.15) is 26.3 Å². The Morgan fingerprint density at radius 3 is 1.73 bits per heavy atom. The van der Waals surface area contributed by atoms with Gasteiger partial charge in [0.15, 0.2) is 5.92 Å². The van der Waals surface area contributed by atoms with E-state index >= 15 is 0 Å². The van der Waals surface area contributed by atoms with Crippen LogP contribution in [-0.4, -0.2) is 23.4 Å². The van der Waals surface area contributed by atoms with Gasteiger partial charge in [-0.25, -0.2) is 0 Å². The monoisotopic (exact) mass is 328 g/mol. The molecule has 0 bridgehead atoms. The lowest BCUT2D eigenvalue weighted by molar-refractivity contribution is -0.253. The Hall–Kier alpha value is -1.73. The number of carbonyl (C=O) groups is 1. The summed E-state index contributed by atoms with van der Waals surface area (Å²) in [5, 5.41) is 8.96. The number of hydrogen-bond donors (Lipinski definition) is 1. The van der Waals surface area contributed by atoms with Crippen LogP contribution in [0.2, 0.25) is 0 Å². The van der Waals surface area contributed by atoms with Crippen LogP contribution < -0.4 is 0 Å². The number of hydrogen-bond acceptors (Lipinski definition) is 1. The summed E-state index contributed by atoms with van der Waals surface area (Å²) < 4.78 is 75.5. The van der Waals surface area contributed by atoms with E-state index in [0.29, 0.717) is 5.56 Å². The molecule has 0 radical (unpaired) electrons. The fraction of sp³-hybridized carbons (Fsp3) is 0.500. The van der Waals surface area contributed by atoms with Gasteiger partial charge in [0.05, 0.1) is 5.41 Å². The molecular formula is C14H14F6O2. The number of rotatable bonds is 4. The van der Waals surface area contributed by atoms with E-state index in [1.54, 1.807) is 0 Å². The minimum atomic E-state index is -5.44. The number of alkyl halides is 6. The maximum atomic E-state index is 12.6. The summed E-state index contributed by atoms with van der Waals surface area (Å²) in [6, 6.07) is 3.65. The van der Waals surface area contributed by atoms with Crippen LogP contribution in [0.1, 0.15) is 30.9 Å². The molecule has 1 aromatic rings. The standard InChI is InChI=1S/C14H14F6O2/c1-12(2,11(21)22)7-8-3-5-9(6-4-8)10(13(15,16)17)14(18,19)20/h3-6,10H,7H2,1-2H3,(H,21,22). The molecule has 22 heavy (non-hydrogen) atoms. The molecule has 1 rings (SSSR count).